The fourth-order valence-electron chi connectivity index (χ4n) is 4.32. The van der Waals surface area contributed by atoms with Crippen molar-refractivity contribution in [2.75, 3.05) is 7.11 Å². The van der Waals surface area contributed by atoms with Gasteiger partial charge in [-0.25, -0.2) is 4.39 Å². The van der Waals surface area contributed by atoms with E-state index in [1.54, 1.807) is 19.2 Å². The first-order valence-corrected chi connectivity index (χ1v) is 10.4. The van der Waals surface area contributed by atoms with Gasteiger partial charge in [0.15, 0.2) is 0 Å². The Balaban J connectivity index is 1.53. The summed E-state index contributed by atoms with van der Waals surface area (Å²) in [6.07, 6.45) is 5.32. The molecule has 0 amide bonds. The van der Waals surface area contributed by atoms with E-state index in [9.17, 15) is 4.39 Å². The molecule has 1 heterocycles. The molecule has 29 heavy (non-hydrogen) atoms. The summed E-state index contributed by atoms with van der Waals surface area (Å²) in [6.45, 7) is 5.17. The third-order valence-electron chi connectivity index (χ3n) is 6.11. The minimum absolute atomic E-state index is 0.200. The van der Waals surface area contributed by atoms with Crippen LogP contribution >= 0.6 is 0 Å². The molecule has 2 aromatic carbocycles. The van der Waals surface area contributed by atoms with Gasteiger partial charge in [-0.15, -0.1) is 0 Å². The zero-order chi connectivity index (χ0) is 20.4. The van der Waals surface area contributed by atoms with Crippen molar-refractivity contribution in [3.05, 3.63) is 71.7 Å². The highest BCUT2D eigenvalue weighted by molar-refractivity contribution is 5.81. The van der Waals surface area contributed by atoms with Crippen LogP contribution in [0.5, 0.6) is 5.75 Å². The van der Waals surface area contributed by atoms with Gasteiger partial charge in [0.25, 0.3) is 0 Å². The number of ether oxygens (including phenoxy) is 1. The third kappa shape index (κ3) is 4.43. The predicted molar refractivity (Wildman–Crippen MR) is 116 cm³/mol. The van der Waals surface area contributed by atoms with Gasteiger partial charge in [0, 0.05) is 29.7 Å². The molecule has 0 aliphatic heterocycles. The molecule has 4 heteroatoms. The van der Waals surface area contributed by atoms with E-state index in [0.717, 1.165) is 29.8 Å². The minimum Gasteiger partial charge on any atom is -0.496 e. The highest BCUT2D eigenvalue weighted by Crippen LogP contribution is 2.41. The van der Waals surface area contributed by atoms with Gasteiger partial charge < -0.3 is 10.1 Å². The van der Waals surface area contributed by atoms with Gasteiger partial charge in [-0.2, -0.15) is 0 Å². The van der Waals surface area contributed by atoms with Crippen molar-refractivity contribution >= 4 is 10.9 Å². The number of hydrogen-bond acceptors (Lipinski definition) is 3. The normalized spacial score (nSPS) is 15.4. The van der Waals surface area contributed by atoms with Crippen LogP contribution in [0.3, 0.4) is 0 Å². The highest BCUT2D eigenvalue weighted by Gasteiger charge is 2.36. The van der Waals surface area contributed by atoms with Crippen LogP contribution in [0.1, 0.15) is 44.2 Å². The summed E-state index contributed by atoms with van der Waals surface area (Å²) in [4.78, 5) is 4.47. The standard InChI is InChI=1S/C25H29FN2O/c1-25(2,21-14-19(26)10-11-24(21)29-3)15-23(17-8-9-17)28-16-18-12-13-27-22-7-5-4-6-20(18)22/h4-7,10-14,17,23,28H,8-9,15-16H2,1-3H3. The molecule has 1 fully saturated rings. The second-order valence-electron chi connectivity index (χ2n) is 8.74. The van der Waals surface area contributed by atoms with Crippen LogP contribution in [0.25, 0.3) is 10.9 Å². The Morgan fingerprint density at radius 3 is 2.72 bits per heavy atom. The third-order valence-corrected chi connectivity index (χ3v) is 6.11. The molecule has 0 spiro atoms. The van der Waals surface area contributed by atoms with Crippen molar-refractivity contribution in [1.82, 2.24) is 10.3 Å². The summed E-state index contributed by atoms with van der Waals surface area (Å²) in [5.41, 5.74) is 3.03. The molecule has 0 bridgehead atoms. The first-order valence-electron chi connectivity index (χ1n) is 10.4. The average Bonchev–Trinajstić information content (AvgIpc) is 3.56. The molecule has 3 aromatic rings. The number of nitrogens with zero attached hydrogens (tertiary/aromatic N) is 1. The number of benzene rings is 2. The lowest BCUT2D eigenvalue weighted by atomic mass is 9.77. The second-order valence-corrected chi connectivity index (χ2v) is 8.74. The largest absolute Gasteiger partial charge is 0.496 e. The molecule has 3 nitrogen and oxygen atoms in total. The Labute approximate surface area is 172 Å². The Bertz CT molecular complexity index is 992. The highest BCUT2D eigenvalue weighted by atomic mass is 19.1. The van der Waals surface area contributed by atoms with E-state index in [2.05, 4.69) is 48.4 Å². The van der Waals surface area contributed by atoms with Gasteiger partial charge in [0.1, 0.15) is 11.6 Å². The molecular formula is C25H29FN2O. The van der Waals surface area contributed by atoms with Crippen molar-refractivity contribution in [2.24, 2.45) is 5.92 Å². The van der Waals surface area contributed by atoms with E-state index in [1.165, 1.54) is 29.9 Å². The van der Waals surface area contributed by atoms with E-state index in [0.29, 0.717) is 12.0 Å². The number of aromatic nitrogens is 1. The molecule has 0 saturated heterocycles. The molecule has 0 radical (unpaired) electrons. The maximum atomic E-state index is 14.0. The van der Waals surface area contributed by atoms with E-state index in [-0.39, 0.29) is 11.2 Å². The maximum absolute atomic E-state index is 14.0. The van der Waals surface area contributed by atoms with Crippen molar-refractivity contribution in [2.45, 2.75) is 51.1 Å². The van der Waals surface area contributed by atoms with Gasteiger partial charge in [0.05, 0.1) is 12.6 Å². The molecule has 1 unspecified atom stereocenters. The van der Waals surface area contributed by atoms with E-state index < -0.39 is 0 Å². The Kier molecular flexibility index (Phi) is 5.55. The van der Waals surface area contributed by atoms with Crippen LogP contribution in [0, 0.1) is 11.7 Å². The number of halogens is 1. The van der Waals surface area contributed by atoms with Crippen molar-refractivity contribution in [1.29, 1.82) is 0 Å². The van der Waals surface area contributed by atoms with Crippen LogP contribution < -0.4 is 10.1 Å². The Morgan fingerprint density at radius 2 is 1.97 bits per heavy atom. The summed E-state index contributed by atoms with van der Waals surface area (Å²) < 4.78 is 19.5. The number of methoxy groups -OCH3 is 1. The predicted octanol–water partition coefficient (Wildman–Crippen LogP) is 5.62. The Morgan fingerprint density at radius 1 is 1.17 bits per heavy atom. The van der Waals surface area contributed by atoms with Crippen LogP contribution in [-0.4, -0.2) is 18.1 Å². The topological polar surface area (TPSA) is 34.1 Å². The van der Waals surface area contributed by atoms with Crippen molar-refractivity contribution in [3.63, 3.8) is 0 Å². The first kappa shape index (κ1) is 19.8. The lowest BCUT2D eigenvalue weighted by Gasteiger charge is -2.32. The fourth-order valence-corrected chi connectivity index (χ4v) is 4.32. The van der Waals surface area contributed by atoms with Crippen LogP contribution in [-0.2, 0) is 12.0 Å². The first-order chi connectivity index (χ1) is 14.0. The number of para-hydroxylation sites is 1. The van der Waals surface area contributed by atoms with Gasteiger partial charge in [-0.05, 0) is 66.5 Å². The summed E-state index contributed by atoms with van der Waals surface area (Å²) in [5.74, 6) is 1.22. The summed E-state index contributed by atoms with van der Waals surface area (Å²) in [6, 6.07) is 15.6. The monoisotopic (exact) mass is 392 g/mol. The minimum atomic E-state index is -0.215. The number of nitrogens with one attached hydrogen (secondary N) is 1. The summed E-state index contributed by atoms with van der Waals surface area (Å²) in [5, 5.41) is 5.00. The van der Waals surface area contributed by atoms with Gasteiger partial charge >= 0.3 is 0 Å². The number of fused-ring (bicyclic) bond motifs is 1. The average molecular weight is 393 g/mol. The van der Waals surface area contributed by atoms with Gasteiger partial charge in [-0.1, -0.05) is 32.0 Å². The van der Waals surface area contributed by atoms with E-state index >= 15 is 0 Å². The van der Waals surface area contributed by atoms with Gasteiger partial charge in [-0.3, -0.25) is 4.98 Å². The lowest BCUT2D eigenvalue weighted by Crippen LogP contribution is -2.37. The zero-order valence-corrected chi connectivity index (χ0v) is 17.4. The molecule has 4 rings (SSSR count). The van der Waals surface area contributed by atoms with Crippen LogP contribution in [0.4, 0.5) is 4.39 Å². The molecule has 1 atom stereocenters. The Hall–Kier alpha value is -2.46. The van der Waals surface area contributed by atoms with Gasteiger partial charge in [0.2, 0.25) is 0 Å². The molecule has 1 saturated carbocycles. The summed E-state index contributed by atoms with van der Waals surface area (Å²) >= 11 is 0. The zero-order valence-electron chi connectivity index (χ0n) is 17.4. The fraction of sp³-hybridized carbons (Fsp3) is 0.400. The SMILES string of the molecule is COc1ccc(F)cc1C(C)(C)CC(NCc1ccnc2ccccc12)C1CC1. The maximum Gasteiger partial charge on any atom is 0.123 e. The lowest BCUT2D eigenvalue weighted by molar-refractivity contribution is 0.328. The smallest absolute Gasteiger partial charge is 0.123 e. The van der Waals surface area contributed by atoms with Crippen LogP contribution in [0.2, 0.25) is 0 Å². The molecule has 1 aromatic heterocycles. The number of pyridine rings is 1. The molecule has 1 N–H and O–H groups in total. The second kappa shape index (κ2) is 8.11. The quantitative estimate of drug-likeness (QED) is 0.540. The number of hydrogen-bond donors (Lipinski definition) is 1. The summed E-state index contributed by atoms with van der Waals surface area (Å²) in [7, 11) is 1.65. The molecule has 1 aliphatic rings. The van der Waals surface area contributed by atoms with Crippen molar-refractivity contribution in [3.8, 4) is 5.75 Å². The van der Waals surface area contributed by atoms with E-state index in [4.69, 9.17) is 4.74 Å². The van der Waals surface area contributed by atoms with Crippen LogP contribution in [0.15, 0.2) is 54.7 Å². The molecule has 152 valence electrons. The van der Waals surface area contributed by atoms with Crippen molar-refractivity contribution < 1.29 is 9.13 Å². The van der Waals surface area contributed by atoms with E-state index in [1.807, 2.05) is 12.3 Å². The number of rotatable bonds is 8. The molecule has 1 aliphatic carbocycles. The molecular weight excluding hydrogens is 363 g/mol.